The maximum Gasteiger partial charge on any atom is 0.433 e. The molecule has 1 aromatic heterocycles. The summed E-state index contributed by atoms with van der Waals surface area (Å²) in [5.41, 5.74) is 4.89. The second-order valence-electron chi connectivity index (χ2n) is 3.99. The molecule has 1 fully saturated rings. The number of rotatable bonds is 2. The molecule has 3 nitrogen and oxygen atoms in total. The summed E-state index contributed by atoms with van der Waals surface area (Å²) in [6.07, 6.45) is -1.56. The lowest BCUT2D eigenvalue weighted by Gasteiger charge is -2.32. The standard InChI is InChI=1S/C9H12F3N3.ClH/c10-9(11,12)8-1-2-14-15(8)5-6-3-7(13)4-6;/h1-2,6-7H,3-5,13H2;1H. The third-order valence-electron chi connectivity index (χ3n) is 2.71. The van der Waals surface area contributed by atoms with Gasteiger partial charge >= 0.3 is 6.18 Å². The molecule has 1 aliphatic carbocycles. The van der Waals surface area contributed by atoms with Crippen LogP contribution in [-0.4, -0.2) is 15.8 Å². The average molecular weight is 256 g/mol. The van der Waals surface area contributed by atoms with Crippen LogP contribution in [0.25, 0.3) is 0 Å². The van der Waals surface area contributed by atoms with Gasteiger partial charge in [0.1, 0.15) is 5.69 Å². The largest absolute Gasteiger partial charge is 0.433 e. The monoisotopic (exact) mass is 255 g/mol. The summed E-state index contributed by atoms with van der Waals surface area (Å²) in [7, 11) is 0. The predicted molar refractivity (Wildman–Crippen MR) is 55.2 cm³/mol. The first-order chi connectivity index (χ1) is 6.97. The smallest absolute Gasteiger partial charge is 0.328 e. The minimum absolute atomic E-state index is 0. The fourth-order valence-electron chi connectivity index (χ4n) is 1.90. The molecule has 1 heterocycles. The molecule has 0 atom stereocenters. The van der Waals surface area contributed by atoms with Gasteiger partial charge in [-0.2, -0.15) is 18.3 Å². The Hall–Kier alpha value is -0.750. The Morgan fingerprint density at radius 2 is 2.06 bits per heavy atom. The van der Waals surface area contributed by atoms with Crippen LogP contribution in [0, 0.1) is 5.92 Å². The molecule has 0 spiro atoms. The third-order valence-corrected chi connectivity index (χ3v) is 2.71. The van der Waals surface area contributed by atoms with Crippen LogP contribution in [0.5, 0.6) is 0 Å². The number of aromatic nitrogens is 2. The molecule has 0 bridgehead atoms. The van der Waals surface area contributed by atoms with E-state index in [1.54, 1.807) is 0 Å². The van der Waals surface area contributed by atoms with Gasteiger partial charge in [0.2, 0.25) is 0 Å². The topological polar surface area (TPSA) is 43.8 Å². The van der Waals surface area contributed by atoms with Crippen LogP contribution >= 0.6 is 12.4 Å². The van der Waals surface area contributed by atoms with Crippen molar-refractivity contribution < 1.29 is 13.2 Å². The molecule has 16 heavy (non-hydrogen) atoms. The highest BCUT2D eigenvalue weighted by atomic mass is 35.5. The van der Waals surface area contributed by atoms with Crippen molar-refractivity contribution in [3.63, 3.8) is 0 Å². The molecule has 1 aromatic rings. The minimum Gasteiger partial charge on any atom is -0.328 e. The summed E-state index contributed by atoms with van der Waals surface area (Å²) in [6, 6.07) is 1.15. The normalized spacial score (nSPS) is 24.8. The molecule has 92 valence electrons. The first kappa shape index (κ1) is 13.3. The Balaban J connectivity index is 0.00000128. The maximum absolute atomic E-state index is 12.4. The van der Waals surface area contributed by atoms with E-state index < -0.39 is 11.9 Å². The lowest BCUT2D eigenvalue weighted by Crippen LogP contribution is -2.38. The first-order valence-electron chi connectivity index (χ1n) is 4.81. The fourth-order valence-corrected chi connectivity index (χ4v) is 1.90. The minimum atomic E-state index is -4.32. The van der Waals surface area contributed by atoms with Gasteiger partial charge < -0.3 is 5.73 Å². The second kappa shape index (κ2) is 4.63. The molecule has 0 aliphatic heterocycles. The van der Waals surface area contributed by atoms with Gasteiger partial charge in [0.25, 0.3) is 0 Å². The number of alkyl halides is 3. The highest BCUT2D eigenvalue weighted by Gasteiger charge is 2.36. The molecule has 2 N–H and O–H groups in total. The second-order valence-corrected chi connectivity index (χ2v) is 3.99. The van der Waals surface area contributed by atoms with Crippen LogP contribution in [0.4, 0.5) is 13.2 Å². The van der Waals surface area contributed by atoms with Crippen LogP contribution in [0.2, 0.25) is 0 Å². The van der Waals surface area contributed by atoms with Crippen molar-refractivity contribution in [3.05, 3.63) is 18.0 Å². The van der Waals surface area contributed by atoms with Gasteiger partial charge in [-0.05, 0) is 24.8 Å². The van der Waals surface area contributed by atoms with Gasteiger partial charge in [-0.3, -0.25) is 4.68 Å². The van der Waals surface area contributed by atoms with Crippen molar-refractivity contribution in [2.75, 3.05) is 0 Å². The van der Waals surface area contributed by atoms with Crippen molar-refractivity contribution in [2.24, 2.45) is 11.7 Å². The molecule has 1 saturated carbocycles. The highest BCUT2D eigenvalue weighted by molar-refractivity contribution is 5.85. The van der Waals surface area contributed by atoms with Crippen molar-refractivity contribution in [3.8, 4) is 0 Å². The predicted octanol–water partition coefficient (Wildman–Crippen LogP) is 2.06. The van der Waals surface area contributed by atoms with Crippen LogP contribution in [-0.2, 0) is 12.7 Å². The Morgan fingerprint density at radius 3 is 2.56 bits per heavy atom. The lowest BCUT2D eigenvalue weighted by molar-refractivity contribution is -0.144. The number of nitrogens with zero attached hydrogens (tertiary/aromatic N) is 2. The van der Waals surface area contributed by atoms with Crippen LogP contribution < -0.4 is 5.73 Å². The van der Waals surface area contributed by atoms with E-state index in [0.29, 0.717) is 6.54 Å². The number of hydrogen-bond donors (Lipinski definition) is 1. The van der Waals surface area contributed by atoms with E-state index >= 15 is 0 Å². The summed E-state index contributed by atoms with van der Waals surface area (Å²) < 4.78 is 38.4. The maximum atomic E-state index is 12.4. The summed E-state index contributed by atoms with van der Waals surface area (Å²) in [5, 5.41) is 3.69. The molecule has 0 aromatic carbocycles. The van der Waals surface area contributed by atoms with E-state index in [2.05, 4.69) is 5.10 Å². The lowest BCUT2D eigenvalue weighted by atomic mass is 9.81. The molecule has 7 heteroatoms. The molecular weight excluding hydrogens is 243 g/mol. The Labute approximate surface area is 97.2 Å². The summed E-state index contributed by atoms with van der Waals surface area (Å²) in [5.74, 6) is 0.237. The van der Waals surface area contributed by atoms with E-state index in [1.165, 1.54) is 6.20 Å². The number of hydrogen-bond acceptors (Lipinski definition) is 2. The van der Waals surface area contributed by atoms with Gasteiger partial charge in [0.15, 0.2) is 0 Å². The van der Waals surface area contributed by atoms with E-state index in [-0.39, 0.29) is 24.4 Å². The Kier molecular flexibility index (Phi) is 3.85. The third kappa shape index (κ3) is 2.68. The Morgan fingerprint density at radius 1 is 1.44 bits per heavy atom. The molecule has 2 rings (SSSR count). The van der Waals surface area contributed by atoms with Gasteiger partial charge in [0.05, 0.1) is 0 Å². The van der Waals surface area contributed by atoms with Crippen LogP contribution in [0.1, 0.15) is 18.5 Å². The highest BCUT2D eigenvalue weighted by Crippen LogP contribution is 2.32. The van der Waals surface area contributed by atoms with E-state index in [1.807, 2.05) is 0 Å². The first-order valence-corrected chi connectivity index (χ1v) is 4.81. The summed E-state index contributed by atoms with van der Waals surface area (Å²) in [6.45, 7) is 0.315. The molecular formula is C9H13ClF3N3. The van der Waals surface area contributed by atoms with Crippen LogP contribution in [0.3, 0.4) is 0 Å². The zero-order valence-electron chi connectivity index (χ0n) is 8.44. The van der Waals surface area contributed by atoms with Crippen molar-refractivity contribution in [2.45, 2.75) is 31.6 Å². The molecule has 1 aliphatic rings. The Bertz CT molecular complexity index is 344. The summed E-state index contributed by atoms with van der Waals surface area (Å²) >= 11 is 0. The summed E-state index contributed by atoms with van der Waals surface area (Å²) in [4.78, 5) is 0. The van der Waals surface area contributed by atoms with Crippen molar-refractivity contribution in [1.29, 1.82) is 0 Å². The SMILES string of the molecule is Cl.NC1CC(Cn2nccc2C(F)(F)F)C1. The van der Waals surface area contributed by atoms with Gasteiger partial charge in [-0.1, -0.05) is 0 Å². The van der Waals surface area contributed by atoms with E-state index in [4.69, 9.17) is 5.73 Å². The molecule has 0 saturated heterocycles. The van der Waals surface area contributed by atoms with Gasteiger partial charge in [0, 0.05) is 18.8 Å². The van der Waals surface area contributed by atoms with Gasteiger partial charge in [-0.25, -0.2) is 0 Å². The van der Waals surface area contributed by atoms with Crippen LogP contribution in [0.15, 0.2) is 12.3 Å². The zero-order valence-corrected chi connectivity index (χ0v) is 9.26. The quantitative estimate of drug-likeness (QED) is 0.879. The number of nitrogens with two attached hydrogens (primary N) is 1. The van der Waals surface area contributed by atoms with E-state index in [9.17, 15) is 13.2 Å². The number of halogens is 4. The van der Waals surface area contributed by atoms with Gasteiger partial charge in [-0.15, -0.1) is 12.4 Å². The molecule has 0 amide bonds. The zero-order chi connectivity index (χ0) is 11.1. The van der Waals surface area contributed by atoms with Crippen molar-refractivity contribution in [1.82, 2.24) is 9.78 Å². The van der Waals surface area contributed by atoms with Crippen molar-refractivity contribution >= 4 is 12.4 Å². The fraction of sp³-hybridized carbons (Fsp3) is 0.667. The molecule has 0 unspecified atom stereocenters. The van der Waals surface area contributed by atoms with E-state index in [0.717, 1.165) is 23.6 Å². The molecule has 0 radical (unpaired) electrons. The average Bonchev–Trinajstić information content (AvgIpc) is 2.48.